The van der Waals surface area contributed by atoms with Gasteiger partial charge < -0.3 is 10.4 Å². The van der Waals surface area contributed by atoms with E-state index in [1.54, 1.807) is 31.2 Å². The first kappa shape index (κ1) is 24.0. The van der Waals surface area contributed by atoms with Crippen molar-refractivity contribution in [2.75, 3.05) is 0 Å². The van der Waals surface area contributed by atoms with Gasteiger partial charge in [0.15, 0.2) is 5.78 Å². The Morgan fingerprint density at radius 1 is 1.21 bits per heavy atom. The van der Waals surface area contributed by atoms with Gasteiger partial charge in [-0.25, -0.2) is 0 Å². The zero-order chi connectivity index (χ0) is 24.0. The van der Waals surface area contributed by atoms with E-state index in [1.807, 2.05) is 12.2 Å². The fourth-order valence-electron chi connectivity index (χ4n) is 3.41. The van der Waals surface area contributed by atoms with Crippen molar-refractivity contribution >= 4 is 35.2 Å². The van der Waals surface area contributed by atoms with Gasteiger partial charge in [-0.15, -0.1) is 5.73 Å². The van der Waals surface area contributed by atoms with Crippen molar-refractivity contribution in [2.24, 2.45) is 0 Å². The number of halogens is 1. The molecular formula is C29H27ClN2O. The average Bonchev–Trinajstić information content (AvgIpc) is 3.09. The van der Waals surface area contributed by atoms with Crippen LogP contribution in [0.1, 0.15) is 36.6 Å². The van der Waals surface area contributed by atoms with Crippen LogP contribution in [0.3, 0.4) is 0 Å². The minimum atomic E-state index is -0.136. The SMILES string of the molecule is C=C/C=C/C(C(=O)CCC(=N)C1=Cc2cc(-c3ccc(C)cc3)[nH]c2C=C=C1)=C(/Cl)C(=C)C. The van der Waals surface area contributed by atoms with Gasteiger partial charge in [-0.1, -0.05) is 66.7 Å². The number of hydrogen-bond acceptors (Lipinski definition) is 2. The first-order chi connectivity index (χ1) is 15.8. The summed E-state index contributed by atoms with van der Waals surface area (Å²) in [6.45, 7) is 11.3. The molecule has 0 saturated heterocycles. The topological polar surface area (TPSA) is 56.7 Å². The number of carbonyl (C=O) groups excluding carboxylic acids is 1. The first-order valence-corrected chi connectivity index (χ1v) is 11.1. The lowest BCUT2D eigenvalue weighted by Gasteiger charge is -2.08. The van der Waals surface area contributed by atoms with Crippen molar-refractivity contribution in [3.63, 3.8) is 0 Å². The lowest BCUT2D eigenvalue weighted by molar-refractivity contribution is -0.115. The Kier molecular flexibility index (Phi) is 7.84. The van der Waals surface area contributed by atoms with Gasteiger partial charge in [0.1, 0.15) is 0 Å². The fourth-order valence-corrected chi connectivity index (χ4v) is 3.58. The van der Waals surface area contributed by atoms with Crippen molar-refractivity contribution in [3.05, 3.63) is 112 Å². The van der Waals surface area contributed by atoms with E-state index in [4.69, 9.17) is 17.0 Å². The van der Waals surface area contributed by atoms with E-state index in [-0.39, 0.29) is 12.2 Å². The molecule has 3 rings (SSSR count). The largest absolute Gasteiger partial charge is 0.354 e. The number of carbonyl (C=O) groups is 1. The fraction of sp³-hybridized carbons (Fsp3) is 0.138. The highest BCUT2D eigenvalue weighted by Gasteiger charge is 2.15. The third kappa shape index (κ3) is 5.98. The molecule has 0 aliphatic heterocycles. The average molecular weight is 455 g/mol. The highest BCUT2D eigenvalue weighted by Crippen LogP contribution is 2.27. The summed E-state index contributed by atoms with van der Waals surface area (Å²) >= 11 is 6.30. The van der Waals surface area contributed by atoms with E-state index in [2.05, 4.69) is 61.1 Å². The predicted octanol–water partition coefficient (Wildman–Crippen LogP) is 7.74. The van der Waals surface area contributed by atoms with E-state index in [0.717, 1.165) is 28.1 Å². The van der Waals surface area contributed by atoms with Gasteiger partial charge in [0.25, 0.3) is 0 Å². The lowest BCUT2D eigenvalue weighted by atomic mass is 9.98. The lowest BCUT2D eigenvalue weighted by Crippen LogP contribution is -2.08. The number of H-pyrrole nitrogens is 1. The monoisotopic (exact) mass is 454 g/mol. The van der Waals surface area contributed by atoms with Crippen LogP contribution in [0, 0.1) is 12.3 Å². The minimum absolute atomic E-state index is 0.136. The summed E-state index contributed by atoms with van der Waals surface area (Å²) in [4.78, 5) is 16.2. The van der Waals surface area contributed by atoms with Crippen LogP contribution in [0.5, 0.6) is 0 Å². The molecular weight excluding hydrogens is 428 g/mol. The van der Waals surface area contributed by atoms with Crippen LogP contribution in [0.15, 0.2) is 95.3 Å². The molecule has 166 valence electrons. The zero-order valence-corrected chi connectivity index (χ0v) is 19.7. The summed E-state index contributed by atoms with van der Waals surface area (Å²) in [6, 6.07) is 10.4. The number of aromatic nitrogens is 1. The van der Waals surface area contributed by atoms with E-state index in [9.17, 15) is 4.79 Å². The highest BCUT2D eigenvalue weighted by atomic mass is 35.5. The number of rotatable bonds is 9. The van der Waals surface area contributed by atoms with E-state index in [1.165, 1.54) is 5.56 Å². The number of hydrogen-bond donors (Lipinski definition) is 2. The van der Waals surface area contributed by atoms with Gasteiger partial charge >= 0.3 is 0 Å². The molecule has 0 amide bonds. The molecule has 0 atom stereocenters. The predicted molar refractivity (Wildman–Crippen MR) is 140 cm³/mol. The Bertz CT molecular complexity index is 1270. The van der Waals surface area contributed by atoms with Gasteiger partial charge in [0.2, 0.25) is 0 Å². The van der Waals surface area contributed by atoms with Crippen LogP contribution in [0.2, 0.25) is 0 Å². The Hall–Kier alpha value is -3.65. The third-order valence-electron chi connectivity index (χ3n) is 5.28. The summed E-state index contributed by atoms with van der Waals surface area (Å²) in [5.41, 5.74) is 10.5. The van der Waals surface area contributed by atoms with Crippen molar-refractivity contribution in [1.82, 2.24) is 4.98 Å². The molecule has 1 heterocycles. The van der Waals surface area contributed by atoms with E-state index < -0.39 is 0 Å². The molecule has 0 unspecified atom stereocenters. The molecule has 0 fully saturated rings. The summed E-state index contributed by atoms with van der Waals surface area (Å²) in [5.74, 6) is -0.136. The molecule has 0 saturated carbocycles. The quantitative estimate of drug-likeness (QED) is 0.173. The molecule has 4 heteroatoms. The van der Waals surface area contributed by atoms with Crippen LogP contribution in [-0.2, 0) is 4.79 Å². The number of ketones is 1. The van der Waals surface area contributed by atoms with E-state index >= 15 is 0 Å². The van der Waals surface area contributed by atoms with Crippen LogP contribution in [0.4, 0.5) is 0 Å². The number of nitrogens with one attached hydrogen (secondary N) is 2. The van der Waals surface area contributed by atoms with Crippen molar-refractivity contribution < 1.29 is 4.79 Å². The molecule has 1 aliphatic rings. The van der Waals surface area contributed by atoms with Crippen LogP contribution in [-0.4, -0.2) is 16.5 Å². The second-order valence-electron chi connectivity index (χ2n) is 7.98. The van der Waals surface area contributed by atoms with Crippen molar-refractivity contribution in [1.29, 1.82) is 5.41 Å². The van der Waals surface area contributed by atoms with E-state index in [0.29, 0.717) is 28.3 Å². The molecule has 0 bridgehead atoms. The summed E-state index contributed by atoms with van der Waals surface area (Å²) in [5, 5.41) is 8.90. The molecule has 2 N–H and O–H groups in total. The number of aromatic amines is 1. The normalized spacial score (nSPS) is 13.2. The smallest absolute Gasteiger partial charge is 0.164 e. The molecule has 1 aliphatic carbocycles. The van der Waals surface area contributed by atoms with Crippen molar-refractivity contribution in [3.8, 4) is 11.3 Å². The first-order valence-electron chi connectivity index (χ1n) is 10.7. The summed E-state index contributed by atoms with van der Waals surface area (Å²) < 4.78 is 0. The third-order valence-corrected chi connectivity index (χ3v) is 5.81. The standard InChI is InChI=1S/C29H27ClN2O/c1-5-6-9-24(29(30)19(2)3)28(33)16-15-25(31)22-8-7-10-26-23(17-22)18-27(32-26)21-13-11-20(4)12-14-21/h5-6,8-14,17-18,31-32H,1-2,15-16H2,3-4H3/b9-6+,29-24-,31-25?. The van der Waals surface area contributed by atoms with Gasteiger partial charge in [0, 0.05) is 40.6 Å². The summed E-state index contributed by atoms with van der Waals surface area (Å²) in [7, 11) is 0. The number of fused-ring (bicyclic) bond motifs is 1. The molecule has 33 heavy (non-hydrogen) atoms. The summed E-state index contributed by atoms with van der Waals surface area (Å²) in [6.07, 6.45) is 11.0. The zero-order valence-electron chi connectivity index (χ0n) is 19.0. The molecule has 1 aromatic carbocycles. The maximum absolute atomic E-state index is 12.8. The van der Waals surface area contributed by atoms with Crippen LogP contribution >= 0.6 is 11.6 Å². The second-order valence-corrected chi connectivity index (χ2v) is 8.36. The van der Waals surface area contributed by atoms with Gasteiger partial charge in [-0.2, -0.15) is 0 Å². The number of benzene rings is 1. The Morgan fingerprint density at radius 2 is 1.94 bits per heavy atom. The number of allylic oxidation sites excluding steroid dienone is 8. The molecule has 0 radical (unpaired) electrons. The molecule has 0 spiro atoms. The maximum Gasteiger partial charge on any atom is 0.164 e. The van der Waals surface area contributed by atoms with Gasteiger partial charge in [0.05, 0.1) is 10.7 Å². The Morgan fingerprint density at radius 3 is 2.61 bits per heavy atom. The highest BCUT2D eigenvalue weighted by molar-refractivity contribution is 6.34. The van der Waals surface area contributed by atoms with Crippen LogP contribution < -0.4 is 0 Å². The Labute approximate surface area is 200 Å². The van der Waals surface area contributed by atoms with Crippen LogP contribution in [0.25, 0.3) is 23.4 Å². The molecule has 3 nitrogen and oxygen atoms in total. The number of aryl methyl sites for hydroxylation is 1. The molecule has 1 aromatic heterocycles. The molecule has 2 aromatic rings. The van der Waals surface area contributed by atoms with Crippen molar-refractivity contribution in [2.45, 2.75) is 26.7 Å². The van der Waals surface area contributed by atoms with Gasteiger partial charge in [-0.05, 0) is 55.7 Å². The second kappa shape index (κ2) is 10.8. The Balaban J connectivity index is 1.78. The number of Topliss-reactive ketones (excluding diaryl/α,β-unsaturated/α-hetero) is 1. The maximum atomic E-state index is 12.8. The minimum Gasteiger partial charge on any atom is -0.354 e. The van der Waals surface area contributed by atoms with Gasteiger partial charge in [-0.3, -0.25) is 4.79 Å².